The predicted molar refractivity (Wildman–Crippen MR) is 64.9 cm³/mol. The lowest BCUT2D eigenvalue weighted by Crippen LogP contribution is -1.94. The minimum Gasteiger partial charge on any atom is -0.306 e. The molecule has 0 saturated carbocycles. The fourth-order valence-electron chi connectivity index (χ4n) is 1.28. The van der Waals surface area contributed by atoms with E-state index in [1.807, 2.05) is 48.9 Å². The van der Waals surface area contributed by atoms with Crippen LogP contribution in [0.5, 0.6) is 0 Å². The number of hydrogen-bond acceptors (Lipinski definition) is 2. The van der Waals surface area contributed by atoms with E-state index in [4.69, 9.17) is 0 Å². The van der Waals surface area contributed by atoms with Crippen LogP contribution in [0, 0.1) is 0 Å². The van der Waals surface area contributed by atoms with E-state index in [-0.39, 0.29) is 5.78 Å². The number of benzene rings is 1. The molecule has 0 aliphatic carbocycles. The minimum absolute atomic E-state index is 0.0854. The van der Waals surface area contributed by atoms with E-state index in [9.17, 15) is 4.79 Å². The molecule has 1 heterocycles. The highest BCUT2D eigenvalue weighted by Crippen LogP contribution is 2.09. The van der Waals surface area contributed by atoms with Crippen LogP contribution in [0.4, 0.5) is 0 Å². The number of imidazole rings is 1. The van der Waals surface area contributed by atoms with Gasteiger partial charge < -0.3 is 4.57 Å². The van der Waals surface area contributed by atoms with Gasteiger partial charge in [-0.05, 0) is 31.2 Å². The summed E-state index contributed by atoms with van der Waals surface area (Å²) in [5, 5.41) is 0. The number of rotatable bonds is 2. The lowest BCUT2D eigenvalue weighted by atomic mass is 10.1. The largest absolute Gasteiger partial charge is 0.306 e. The molecule has 0 aliphatic rings. The van der Waals surface area contributed by atoms with Crippen molar-refractivity contribution < 1.29 is 4.79 Å². The number of carbonyl (C=O) groups is 1. The number of carbonyl (C=O) groups excluding carboxylic acids is 1. The summed E-state index contributed by atoms with van der Waals surface area (Å²) in [6.45, 7) is 5.56. The van der Waals surface area contributed by atoms with Crippen LogP contribution >= 0.6 is 0 Å². The van der Waals surface area contributed by atoms with Crippen LogP contribution in [0.3, 0.4) is 0 Å². The highest BCUT2D eigenvalue weighted by molar-refractivity contribution is 5.94. The summed E-state index contributed by atoms with van der Waals surface area (Å²) in [4.78, 5) is 15.0. The Morgan fingerprint density at radius 3 is 2.25 bits per heavy atom. The molecule has 0 amide bonds. The Morgan fingerprint density at radius 1 is 1.19 bits per heavy atom. The third kappa shape index (κ3) is 2.79. The number of Topliss-reactive ketones (excluding diaryl/α,β-unsaturated/α-hetero) is 1. The molecule has 3 nitrogen and oxygen atoms in total. The highest BCUT2D eigenvalue weighted by Gasteiger charge is 1.99. The van der Waals surface area contributed by atoms with Crippen LogP contribution in [0.25, 0.3) is 5.69 Å². The Kier molecular flexibility index (Phi) is 4.45. The van der Waals surface area contributed by atoms with Crippen LogP contribution in [0.1, 0.15) is 31.1 Å². The number of nitrogens with zero attached hydrogens (tertiary/aromatic N) is 2. The van der Waals surface area contributed by atoms with E-state index in [0.29, 0.717) is 0 Å². The van der Waals surface area contributed by atoms with Gasteiger partial charge in [0.2, 0.25) is 0 Å². The summed E-state index contributed by atoms with van der Waals surface area (Å²) in [7, 11) is 0. The van der Waals surface area contributed by atoms with E-state index in [1.54, 1.807) is 19.4 Å². The van der Waals surface area contributed by atoms with Crippen molar-refractivity contribution in [2.24, 2.45) is 0 Å². The molecular weight excluding hydrogens is 200 g/mol. The molecule has 2 aromatic rings. The van der Waals surface area contributed by atoms with Gasteiger partial charge in [0.15, 0.2) is 5.78 Å². The molecule has 0 spiro atoms. The Bertz CT molecular complexity index is 429. The molecule has 0 aliphatic heterocycles. The van der Waals surface area contributed by atoms with Crippen molar-refractivity contribution in [3.8, 4) is 5.69 Å². The monoisotopic (exact) mass is 216 g/mol. The van der Waals surface area contributed by atoms with Gasteiger partial charge >= 0.3 is 0 Å². The van der Waals surface area contributed by atoms with Crippen LogP contribution < -0.4 is 0 Å². The molecule has 84 valence electrons. The summed E-state index contributed by atoms with van der Waals surface area (Å²) < 4.78 is 1.89. The second-order valence-electron chi connectivity index (χ2n) is 3.07. The Morgan fingerprint density at radius 2 is 1.81 bits per heavy atom. The molecule has 1 aromatic heterocycles. The Balaban J connectivity index is 0.000000606. The molecule has 0 fully saturated rings. The van der Waals surface area contributed by atoms with E-state index in [0.717, 1.165) is 11.3 Å². The van der Waals surface area contributed by atoms with Gasteiger partial charge in [-0.1, -0.05) is 13.8 Å². The molecule has 0 N–H and O–H groups in total. The molecule has 1 aromatic carbocycles. The quantitative estimate of drug-likeness (QED) is 0.723. The molecule has 0 atom stereocenters. The normalized spacial score (nSPS) is 9.19. The summed E-state index contributed by atoms with van der Waals surface area (Å²) >= 11 is 0. The number of hydrogen-bond donors (Lipinski definition) is 0. The second-order valence-corrected chi connectivity index (χ2v) is 3.07. The first-order chi connectivity index (χ1) is 7.77. The van der Waals surface area contributed by atoms with Crippen molar-refractivity contribution in [2.45, 2.75) is 20.8 Å². The van der Waals surface area contributed by atoms with Crippen molar-refractivity contribution in [3.05, 3.63) is 48.5 Å². The highest BCUT2D eigenvalue weighted by atomic mass is 16.1. The molecule has 0 bridgehead atoms. The van der Waals surface area contributed by atoms with Crippen LogP contribution in [0.15, 0.2) is 43.0 Å². The third-order valence-electron chi connectivity index (χ3n) is 2.08. The number of ketones is 1. The van der Waals surface area contributed by atoms with E-state index in [2.05, 4.69) is 4.98 Å². The Hall–Kier alpha value is -1.90. The summed E-state index contributed by atoms with van der Waals surface area (Å²) in [6.07, 6.45) is 5.31. The van der Waals surface area contributed by atoms with Crippen molar-refractivity contribution in [1.29, 1.82) is 0 Å². The second kappa shape index (κ2) is 5.85. The number of aromatic nitrogens is 2. The van der Waals surface area contributed by atoms with Crippen LogP contribution in [-0.2, 0) is 0 Å². The minimum atomic E-state index is 0.0854. The van der Waals surface area contributed by atoms with E-state index >= 15 is 0 Å². The molecule has 0 saturated heterocycles. The zero-order valence-corrected chi connectivity index (χ0v) is 9.84. The topological polar surface area (TPSA) is 34.9 Å². The molecule has 16 heavy (non-hydrogen) atoms. The van der Waals surface area contributed by atoms with Gasteiger partial charge in [-0.3, -0.25) is 4.79 Å². The average Bonchev–Trinajstić information content (AvgIpc) is 2.85. The molecule has 0 radical (unpaired) electrons. The summed E-state index contributed by atoms with van der Waals surface area (Å²) in [6, 6.07) is 7.44. The summed E-state index contributed by atoms with van der Waals surface area (Å²) in [5.74, 6) is 0.0854. The standard InChI is InChI=1S/C11H10N2O.C2H6/c1-9(14)10-2-4-11(5-3-10)13-7-6-12-8-13;1-2/h2-8H,1H3;1-2H3. The third-order valence-corrected chi connectivity index (χ3v) is 2.08. The zero-order valence-electron chi connectivity index (χ0n) is 9.84. The van der Waals surface area contributed by atoms with Gasteiger partial charge in [0.1, 0.15) is 0 Å². The van der Waals surface area contributed by atoms with E-state index in [1.165, 1.54) is 0 Å². The van der Waals surface area contributed by atoms with Gasteiger partial charge in [-0.2, -0.15) is 0 Å². The lowest BCUT2D eigenvalue weighted by molar-refractivity contribution is 0.101. The predicted octanol–water partition coefficient (Wildman–Crippen LogP) is 3.10. The average molecular weight is 216 g/mol. The van der Waals surface area contributed by atoms with Crippen molar-refractivity contribution in [2.75, 3.05) is 0 Å². The maximum Gasteiger partial charge on any atom is 0.159 e. The Labute approximate surface area is 95.8 Å². The van der Waals surface area contributed by atoms with Gasteiger partial charge in [-0.15, -0.1) is 0 Å². The molecule has 0 unspecified atom stereocenters. The smallest absolute Gasteiger partial charge is 0.159 e. The van der Waals surface area contributed by atoms with Gasteiger partial charge in [0.05, 0.1) is 6.33 Å². The van der Waals surface area contributed by atoms with Crippen molar-refractivity contribution in [1.82, 2.24) is 9.55 Å². The zero-order chi connectivity index (χ0) is 12.0. The molecule has 2 rings (SSSR count). The van der Waals surface area contributed by atoms with Crippen LogP contribution in [-0.4, -0.2) is 15.3 Å². The fourth-order valence-corrected chi connectivity index (χ4v) is 1.28. The lowest BCUT2D eigenvalue weighted by Gasteiger charge is -2.01. The van der Waals surface area contributed by atoms with E-state index < -0.39 is 0 Å². The van der Waals surface area contributed by atoms with Crippen molar-refractivity contribution >= 4 is 5.78 Å². The molecule has 3 heteroatoms. The SMILES string of the molecule is CC.CC(=O)c1ccc(-n2ccnc2)cc1. The van der Waals surface area contributed by atoms with Crippen LogP contribution in [0.2, 0.25) is 0 Å². The molecular formula is C13H16N2O. The van der Waals surface area contributed by atoms with Gasteiger partial charge in [0.25, 0.3) is 0 Å². The maximum atomic E-state index is 11.0. The first kappa shape index (κ1) is 12.2. The van der Waals surface area contributed by atoms with Gasteiger partial charge in [-0.25, -0.2) is 4.98 Å². The summed E-state index contributed by atoms with van der Waals surface area (Å²) in [5.41, 5.74) is 1.74. The van der Waals surface area contributed by atoms with Gasteiger partial charge in [0, 0.05) is 23.6 Å². The first-order valence-electron chi connectivity index (χ1n) is 5.37. The first-order valence-corrected chi connectivity index (χ1v) is 5.37. The maximum absolute atomic E-state index is 11.0. The fraction of sp³-hybridized carbons (Fsp3) is 0.231. The van der Waals surface area contributed by atoms with Crippen molar-refractivity contribution in [3.63, 3.8) is 0 Å².